The van der Waals surface area contributed by atoms with Crippen LogP contribution in [0.4, 0.5) is 11.5 Å². The van der Waals surface area contributed by atoms with Crippen molar-refractivity contribution in [1.82, 2.24) is 24.8 Å². The maximum atomic E-state index is 13.3. The first-order valence-electron chi connectivity index (χ1n) is 12.8. The SMILES string of the molecule is O=C(C1CCc2c(sc3ncnc(Nc4ccc5[nH]c(=O)sc5c4)c23)C1)N1CC(N2CCCCC2)C1. The molecule has 0 bridgehead atoms. The second-order valence-electron chi connectivity index (χ2n) is 10.2. The van der Waals surface area contributed by atoms with Crippen LogP contribution in [0.1, 0.15) is 36.1 Å². The maximum Gasteiger partial charge on any atom is 0.305 e. The number of fused-ring (bicyclic) bond motifs is 4. The number of rotatable bonds is 4. The summed E-state index contributed by atoms with van der Waals surface area (Å²) in [5, 5.41) is 4.53. The number of H-pyrrole nitrogens is 1. The quantitative estimate of drug-likeness (QED) is 0.420. The monoisotopic (exact) mass is 520 g/mol. The number of nitrogens with zero attached hydrogens (tertiary/aromatic N) is 4. The Morgan fingerprint density at radius 1 is 1.11 bits per heavy atom. The normalized spacial score (nSPS) is 21.0. The van der Waals surface area contributed by atoms with E-state index in [1.807, 2.05) is 18.2 Å². The molecule has 2 N–H and O–H groups in total. The molecule has 8 nitrogen and oxygen atoms in total. The Kier molecular flexibility index (Phi) is 5.55. The fourth-order valence-corrected chi connectivity index (χ4v) is 8.03. The number of likely N-dealkylation sites (tertiary alicyclic amines) is 2. The first kappa shape index (κ1) is 22.4. The fraction of sp³-hybridized carbons (Fsp3) is 0.462. The molecule has 4 aromatic rings. The van der Waals surface area contributed by atoms with Crippen molar-refractivity contribution in [1.29, 1.82) is 0 Å². The number of hydrogen-bond donors (Lipinski definition) is 2. The zero-order valence-electron chi connectivity index (χ0n) is 20.0. The number of anilines is 2. The molecule has 2 aliphatic heterocycles. The Morgan fingerprint density at radius 3 is 2.83 bits per heavy atom. The van der Waals surface area contributed by atoms with Crippen LogP contribution in [0.2, 0.25) is 0 Å². The van der Waals surface area contributed by atoms with Crippen LogP contribution in [-0.4, -0.2) is 62.9 Å². The lowest BCUT2D eigenvalue weighted by Gasteiger charge is -2.47. The fourth-order valence-electron chi connectivity index (χ4n) is 5.98. The molecule has 1 amide bonds. The van der Waals surface area contributed by atoms with E-state index in [0.717, 1.165) is 64.3 Å². The minimum Gasteiger partial charge on any atom is -0.340 e. The molecule has 3 aromatic heterocycles. The summed E-state index contributed by atoms with van der Waals surface area (Å²) in [5.74, 6) is 1.18. The van der Waals surface area contributed by atoms with Crippen LogP contribution in [0.15, 0.2) is 29.3 Å². The van der Waals surface area contributed by atoms with Crippen molar-refractivity contribution in [2.75, 3.05) is 31.5 Å². The summed E-state index contributed by atoms with van der Waals surface area (Å²) in [6.45, 7) is 4.18. The van der Waals surface area contributed by atoms with Crippen molar-refractivity contribution < 1.29 is 4.79 Å². The maximum absolute atomic E-state index is 13.3. The Balaban J connectivity index is 1.09. The second kappa shape index (κ2) is 8.93. The summed E-state index contributed by atoms with van der Waals surface area (Å²) in [5.41, 5.74) is 3.02. The van der Waals surface area contributed by atoms with E-state index < -0.39 is 0 Å². The molecule has 36 heavy (non-hydrogen) atoms. The number of aromatic amines is 1. The summed E-state index contributed by atoms with van der Waals surface area (Å²) in [4.78, 5) is 43.8. The van der Waals surface area contributed by atoms with Crippen LogP contribution in [0, 0.1) is 5.92 Å². The van der Waals surface area contributed by atoms with Gasteiger partial charge in [0.2, 0.25) is 5.91 Å². The molecule has 186 valence electrons. The molecular formula is C26H28N6O2S2. The molecule has 2 saturated heterocycles. The van der Waals surface area contributed by atoms with Gasteiger partial charge in [-0.25, -0.2) is 9.97 Å². The van der Waals surface area contributed by atoms with Gasteiger partial charge in [0.15, 0.2) is 0 Å². The van der Waals surface area contributed by atoms with Crippen molar-refractivity contribution >= 4 is 60.5 Å². The molecular weight excluding hydrogens is 492 g/mol. The summed E-state index contributed by atoms with van der Waals surface area (Å²) in [7, 11) is 0. The van der Waals surface area contributed by atoms with Crippen LogP contribution in [0.5, 0.6) is 0 Å². The lowest BCUT2D eigenvalue weighted by molar-refractivity contribution is -0.143. The van der Waals surface area contributed by atoms with E-state index >= 15 is 0 Å². The number of hydrogen-bond acceptors (Lipinski definition) is 8. The van der Waals surface area contributed by atoms with E-state index in [9.17, 15) is 9.59 Å². The molecule has 1 atom stereocenters. The van der Waals surface area contributed by atoms with Gasteiger partial charge in [0.05, 0.1) is 15.6 Å². The zero-order valence-corrected chi connectivity index (χ0v) is 21.6. The summed E-state index contributed by atoms with van der Waals surface area (Å²) >= 11 is 2.90. The summed E-state index contributed by atoms with van der Waals surface area (Å²) in [6.07, 6.45) is 8.08. The average Bonchev–Trinajstić information content (AvgIpc) is 3.42. The van der Waals surface area contributed by atoms with Gasteiger partial charge in [0.25, 0.3) is 0 Å². The number of thiazole rings is 1. The van der Waals surface area contributed by atoms with Crippen molar-refractivity contribution in [2.24, 2.45) is 5.92 Å². The number of aryl methyl sites for hydroxylation is 1. The molecule has 0 saturated carbocycles. The van der Waals surface area contributed by atoms with Gasteiger partial charge in [-0.15, -0.1) is 11.3 Å². The third kappa shape index (κ3) is 3.91. The minimum atomic E-state index is -0.0529. The molecule has 1 unspecified atom stereocenters. The number of benzene rings is 1. The lowest BCUT2D eigenvalue weighted by atomic mass is 9.86. The Labute approximate surface area is 216 Å². The van der Waals surface area contributed by atoms with Gasteiger partial charge in [-0.1, -0.05) is 17.8 Å². The topological polar surface area (TPSA) is 94.2 Å². The Morgan fingerprint density at radius 2 is 1.97 bits per heavy atom. The molecule has 1 aromatic carbocycles. The van der Waals surface area contributed by atoms with Crippen LogP contribution >= 0.6 is 22.7 Å². The highest BCUT2D eigenvalue weighted by Gasteiger charge is 2.39. The number of carbonyl (C=O) groups excluding carboxylic acids is 1. The Bertz CT molecular complexity index is 1510. The minimum absolute atomic E-state index is 0.0529. The lowest BCUT2D eigenvalue weighted by Crippen LogP contribution is -2.63. The summed E-state index contributed by atoms with van der Waals surface area (Å²) < 4.78 is 0.914. The van der Waals surface area contributed by atoms with E-state index in [1.165, 1.54) is 54.1 Å². The van der Waals surface area contributed by atoms with Crippen LogP contribution in [-0.2, 0) is 17.6 Å². The molecule has 7 rings (SSSR count). The molecule has 0 radical (unpaired) electrons. The highest BCUT2D eigenvalue weighted by Crippen LogP contribution is 2.41. The highest BCUT2D eigenvalue weighted by atomic mass is 32.1. The van der Waals surface area contributed by atoms with Gasteiger partial charge in [-0.3, -0.25) is 14.5 Å². The highest BCUT2D eigenvalue weighted by molar-refractivity contribution is 7.19. The first-order valence-corrected chi connectivity index (χ1v) is 14.4. The van der Waals surface area contributed by atoms with Crippen molar-refractivity contribution in [3.05, 3.63) is 44.6 Å². The van der Waals surface area contributed by atoms with E-state index in [0.29, 0.717) is 11.9 Å². The van der Waals surface area contributed by atoms with Crippen LogP contribution in [0.25, 0.3) is 20.4 Å². The molecule has 10 heteroatoms. The van der Waals surface area contributed by atoms with Crippen LogP contribution in [0.3, 0.4) is 0 Å². The molecule has 0 spiro atoms. The van der Waals surface area contributed by atoms with Gasteiger partial charge < -0.3 is 15.2 Å². The van der Waals surface area contributed by atoms with Gasteiger partial charge in [0, 0.05) is 35.6 Å². The predicted molar refractivity (Wildman–Crippen MR) is 144 cm³/mol. The third-order valence-electron chi connectivity index (χ3n) is 7.96. The van der Waals surface area contributed by atoms with E-state index in [4.69, 9.17) is 0 Å². The van der Waals surface area contributed by atoms with Gasteiger partial charge in [-0.05, 0) is 69.0 Å². The van der Waals surface area contributed by atoms with E-state index in [-0.39, 0.29) is 10.8 Å². The smallest absolute Gasteiger partial charge is 0.305 e. The van der Waals surface area contributed by atoms with Gasteiger partial charge in [-0.2, -0.15) is 0 Å². The average molecular weight is 521 g/mol. The number of piperidine rings is 1. The summed E-state index contributed by atoms with van der Waals surface area (Å²) in [6, 6.07) is 6.41. The first-order chi connectivity index (χ1) is 17.6. The number of carbonyl (C=O) groups is 1. The van der Waals surface area contributed by atoms with Gasteiger partial charge >= 0.3 is 4.87 Å². The van der Waals surface area contributed by atoms with Crippen molar-refractivity contribution in [3.63, 3.8) is 0 Å². The standard InChI is InChI=1S/C26H28N6O2S2/c33-25(32-12-17(13-32)31-8-2-1-3-9-31)15-4-6-18-20(10-15)35-24-22(18)23(27-14-28-24)29-16-5-7-19-21(11-16)36-26(34)30-19/h5,7,11,14-15,17H,1-4,6,8-10,12-13H2,(H,30,34)(H,27,28,29). The predicted octanol–water partition coefficient (Wildman–Crippen LogP) is 4.14. The largest absolute Gasteiger partial charge is 0.340 e. The third-order valence-corrected chi connectivity index (χ3v) is 9.97. The van der Waals surface area contributed by atoms with E-state index in [1.54, 1.807) is 17.7 Å². The number of nitrogens with one attached hydrogen (secondary N) is 2. The zero-order chi connectivity index (χ0) is 24.2. The molecule has 2 fully saturated rings. The molecule has 3 aliphatic rings. The van der Waals surface area contributed by atoms with Gasteiger partial charge in [0.1, 0.15) is 17.0 Å². The van der Waals surface area contributed by atoms with Crippen LogP contribution < -0.4 is 10.2 Å². The number of aromatic nitrogens is 3. The molecule has 5 heterocycles. The molecule has 1 aliphatic carbocycles. The van der Waals surface area contributed by atoms with Crippen molar-refractivity contribution in [2.45, 2.75) is 44.6 Å². The van der Waals surface area contributed by atoms with Crippen molar-refractivity contribution in [3.8, 4) is 0 Å². The second-order valence-corrected chi connectivity index (χ2v) is 12.3. The van der Waals surface area contributed by atoms with E-state index in [2.05, 4.69) is 30.1 Å². The number of amides is 1. The number of thiophene rings is 1. The Hall–Kier alpha value is -2.82.